The zero-order chi connectivity index (χ0) is 23.4. The van der Waals surface area contributed by atoms with Crippen LogP contribution in [0.2, 0.25) is 5.02 Å². The minimum atomic E-state index is -0.377. The third-order valence-electron chi connectivity index (χ3n) is 5.17. The van der Waals surface area contributed by atoms with Crippen molar-refractivity contribution in [3.05, 3.63) is 57.5 Å². The Morgan fingerprint density at radius 2 is 1.97 bits per heavy atom. The number of aromatic nitrogens is 2. The molecule has 1 aromatic heterocycles. The zero-order valence-electron chi connectivity index (χ0n) is 18.0. The summed E-state index contributed by atoms with van der Waals surface area (Å²) >= 11 is 7.14. The SMILES string of the molecule is COc1ccc(NC(=O)N2CCC[C@H]2c2nnc(C(=O)Nc3cccc(Cl)c3)s2)c(OC)c1. The van der Waals surface area contributed by atoms with Crippen molar-refractivity contribution in [2.24, 2.45) is 0 Å². The van der Waals surface area contributed by atoms with Crippen molar-refractivity contribution in [3.8, 4) is 11.5 Å². The molecule has 2 aromatic carbocycles. The number of halogens is 1. The number of likely N-dealkylation sites (tertiary alicyclic amines) is 1. The van der Waals surface area contributed by atoms with Crippen LogP contribution >= 0.6 is 22.9 Å². The lowest BCUT2D eigenvalue weighted by molar-refractivity contribution is 0.102. The number of carbonyl (C=O) groups is 2. The number of hydrogen-bond donors (Lipinski definition) is 2. The lowest BCUT2D eigenvalue weighted by Crippen LogP contribution is -2.34. The molecule has 1 aliphatic heterocycles. The number of amides is 3. The summed E-state index contributed by atoms with van der Waals surface area (Å²) in [5.41, 5.74) is 1.10. The maximum Gasteiger partial charge on any atom is 0.322 e. The fraction of sp³-hybridized carbons (Fsp3) is 0.273. The number of methoxy groups -OCH3 is 2. The average molecular weight is 488 g/mol. The molecule has 0 bridgehead atoms. The molecular formula is C22H22ClN5O4S. The number of hydrogen-bond acceptors (Lipinski definition) is 7. The quantitative estimate of drug-likeness (QED) is 0.516. The lowest BCUT2D eigenvalue weighted by atomic mass is 10.2. The molecule has 1 aliphatic rings. The molecule has 1 atom stereocenters. The van der Waals surface area contributed by atoms with Crippen LogP contribution in [0, 0.1) is 0 Å². The smallest absolute Gasteiger partial charge is 0.322 e. The largest absolute Gasteiger partial charge is 0.497 e. The summed E-state index contributed by atoms with van der Waals surface area (Å²) in [7, 11) is 3.09. The molecule has 0 aliphatic carbocycles. The summed E-state index contributed by atoms with van der Waals surface area (Å²) in [5.74, 6) is 0.744. The van der Waals surface area contributed by atoms with E-state index < -0.39 is 0 Å². The molecule has 1 fully saturated rings. The first-order valence-corrected chi connectivity index (χ1v) is 11.4. The highest BCUT2D eigenvalue weighted by atomic mass is 35.5. The monoisotopic (exact) mass is 487 g/mol. The van der Waals surface area contributed by atoms with Gasteiger partial charge in [-0.1, -0.05) is 29.0 Å². The molecule has 2 N–H and O–H groups in total. The number of nitrogens with zero attached hydrogens (tertiary/aromatic N) is 3. The second-order valence-corrected chi connectivity index (χ2v) is 8.70. The molecule has 0 radical (unpaired) electrons. The van der Waals surface area contributed by atoms with Gasteiger partial charge in [0, 0.05) is 23.3 Å². The number of carbonyl (C=O) groups excluding carboxylic acids is 2. The fourth-order valence-corrected chi connectivity index (χ4v) is 4.64. The fourth-order valence-electron chi connectivity index (χ4n) is 3.57. The maximum atomic E-state index is 13.0. The van der Waals surface area contributed by atoms with Gasteiger partial charge in [0.1, 0.15) is 16.5 Å². The standard InChI is InChI=1S/C22H22ClN5O4S/c1-31-15-8-9-16(18(12-15)32-2)25-22(30)28-10-4-7-17(28)20-26-27-21(33-20)19(29)24-14-6-3-5-13(23)11-14/h3,5-6,8-9,11-12,17H,4,7,10H2,1-2H3,(H,24,29)(H,25,30)/t17-/m0/s1. The van der Waals surface area contributed by atoms with Crippen LogP contribution in [0.5, 0.6) is 11.5 Å². The number of ether oxygens (including phenoxy) is 2. The Balaban J connectivity index is 1.46. The van der Waals surface area contributed by atoms with Gasteiger partial charge in [-0.25, -0.2) is 4.79 Å². The molecule has 0 unspecified atom stereocenters. The Kier molecular flexibility index (Phi) is 6.95. The predicted molar refractivity (Wildman–Crippen MR) is 127 cm³/mol. The van der Waals surface area contributed by atoms with E-state index in [1.54, 1.807) is 54.5 Å². The summed E-state index contributed by atoms with van der Waals surface area (Å²) in [5, 5.41) is 15.2. The van der Waals surface area contributed by atoms with E-state index in [1.807, 2.05) is 0 Å². The molecule has 3 amide bonds. The van der Waals surface area contributed by atoms with Gasteiger partial charge in [-0.3, -0.25) is 4.79 Å². The van der Waals surface area contributed by atoms with Crippen LogP contribution in [-0.4, -0.2) is 47.8 Å². The Bertz CT molecular complexity index is 1170. The van der Waals surface area contributed by atoms with E-state index in [4.69, 9.17) is 21.1 Å². The van der Waals surface area contributed by atoms with Crippen molar-refractivity contribution in [2.75, 3.05) is 31.4 Å². The molecule has 2 heterocycles. The van der Waals surface area contributed by atoms with Crippen LogP contribution in [0.15, 0.2) is 42.5 Å². The Labute approximate surface area is 199 Å². The first kappa shape index (κ1) is 22.8. The third kappa shape index (κ3) is 5.18. The molecule has 4 rings (SSSR count). The van der Waals surface area contributed by atoms with Crippen molar-refractivity contribution in [2.45, 2.75) is 18.9 Å². The van der Waals surface area contributed by atoms with Crippen molar-refractivity contribution < 1.29 is 19.1 Å². The summed E-state index contributed by atoms with van der Waals surface area (Å²) in [4.78, 5) is 27.3. The number of anilines is 2. The Hall–Kier alpha value is -3.37. The molecule has 0 spiro atoms. The minimum absolute atomic E-state index is 0.217. The van der Waals surface area contributed by atoms with Crippen molar-refractivity contribution in [3.63, 3.8) is 0 Å². The molecule has 172 valence electrons. The average Bonchev–Trinajstić information content (AvgIpc) is 3.49. The highest BCUT2D eigenvalue weighted by Crippen LogP contribution is 2.35. The molecule has 11 heteroatoms. The first-order chi connectivity index (χ1) is 16.0. The minimum Gasteiger partial charge on any atom is -0.497 e. The summed E-state index contributed by atoms with van der Waals surface area (Å²) in [6.07, 6.45) is 1.55. The van der Waals surface area contributed by atoms with Gasteiger partial charge in [0.15, 0.2) is 0 Å². The highest BCUT2D eigenvalue weighted by Gasteiger charge is 2.33. The normalized spacial score (nSPS) is 15.2. The molecule has 0 saturated carbocycles. The molecule has 9 nitrogen and oxygen atoms in total. The van der Waals surface area contributed by atoms with Crippen LogP contribution in [0.3, 0.4) is 0 Å². The van der Waals surface area contributed by atoms with Crippen molar-refractivity contribution in [1.82, 2.24) is 15.1 Å². The van der Waals surface area contributed by atoms with Crippen LogP contribution in [0.25, 0.3) is 0 Å². The number of urea groups is 1. The third-order valence-corrected chi connectivity index (χ3v) is 6.42. The van der Waals surface area contributed by atoms with Gasteiger partial charge in [-0.15, -0.1) is 10.2 Å². The van der Waals surface area contributed by atoms with Crippen LogP contribution in [-0.2, 0) is 0 Å². The van der Waals surface area contributed by atoms with Gasteiger partial charge >= 0.3 is 6.03 Å². The molecule has 3 aromatic rings. The second-order valence-electron chi connectivity index (χ2n) is 7.26. The molecule has 33 heavy (non-hydrogen) atoms. The maximum absolute atomic E-state index is 13.0. The predicted octanol–water partition coefficient (Wildman–Crippen LogP) is 4.83. The van der Waals surface area contributed by atoms with Crippen LogP contribution < -0.4 is 20.1 Å². The summed E-state index contributed by atoms with van der Waals surface area (Å²) in [6, 6.07) is 11.5. The molecular weight excluding hydrogens is 466 g/mol. The number of benzene rings is 2. The van der Waals surface area contributed by atoms with Crippen molar-refractivity contribution in [1.29, 1.82) is 0 Å². The van der Waals surface area contributed by atoms with E-state index in [1.165, 1.54) is 18.4 Å². The first-order valence-electron chi connectivity index (χ1n) is 10.2. The van der Waals surface area contributed by atoms with Gasteiger partial charge < -0.3 is 25.0 Å². The van der Waals surface area contributed by atoms with E-state index in [2.05, 4.69) is 20.8 Å². The van der Waals surface area contributed by atoms with Gasteiger partial charge in [-0.05, 0) is 43.2 Å². The van der Waals surface area contributed by atoms with Gasteiger partial charge in [0.2, 0.25) is 5.01 Å². The topological polar surface area (TPSA) is 106 Å². The van der Waals surface area contributed by atoms with E-state index in [0.29, 0.717) is 39.4 Å². The highest BCUT2D eigenvalue weighted by molar-refractivity contribution is 7.13. The van der Waals surface area contributed by atoms with Gasteiger partial charge in [0.25, 0.3) is 5.91 Å². The Morgan fingerprint density at radius 1 is 1.12 bits per heavy atom. The lowest BCUT2D eigenvalue weighted by Gasteiger charge is -2.23. The zero-order valence-corrected chi connectivity index (χ0v) is 19.6. The van der Waals surface area contributed by atoms with Crippen LogP contribution in [0.4, 0.5) is 16.2 Å². The summed E-state index contributed by atoms with van der Waals surface area (Å²) < 4.78 is 10.6. The Morgan fingerprint density at radius 3 is 2.73 bits per heavy atom. The summed E-state index contributed by atoms with van der Waals surface area (Å²) in [6.45, 7) is 0.568. The van der Waals surface area contributed by atoms with E-state index in [-0.39, 0.29) is 23.0 Å². The van der Waals surface area contributed by atoms with Gasteiger partial charge in [0.05, 0.1) is 25.9 Å². The van der Waals surface area contributed by atoms with Gasteiger partial charge in [-0.2, -0.15) is 0 Å². The molecule has 1 saturated heterocycles. The van der Waals surface area contributed by atoms with E-state index in [9.17, 15) is 9.59 Å². The van der Waals surface area contributed by atoms with Crippen LogP contribution in [0.1, 0.15) is 33.7 Å². The second kappa shape index (κ2) is 10.1. The number of nitrogens with one attached hydrogen (secondary N) is 2. The number of rotatable bonds is 6. The van der Waals surface area contributed by atoms with E-state index in [0.717, 1.165) is 12.8 Å². The van der Waals surface area contributed by atoms with Crippen molar-refractivity contribution >= 4 is 46.3 Å². The van der Waals surface area contributed by atoms with E-state index >= 15 is 0 Å².